The largest absolute Gasteiger partial charge is 0.495 e. The predicted octanol–water partition coefficient (Wildman–Crippen LogP) is 3.61. The number of hydrogen-bond acceptors (Lipinski definition) is 6. The molecule has 4 rings (SSSR count). The number of fused-ring (bicyclic) bond motifs is 1. The Bertz CT molecular complexity index is 1180. The molecule has 1 N–H and O–H groups in total. The number of pyridine rings is 1. The predicted molar refractivity (Wildman–Crippen MR) is 126 cm³/mol. The number of nitrogens with one attached hydrogen (secondary N) is 1. The molecule has 0 saturated carbocycles. The van der Waals surface area contributed by atoms with Gasteiger partial charge in [-0.2, -0.15) is 4.98 Å². The molecule has 7 nitrogen and oxygen atoms in total. The maximum atomic E-state index is 12.9. The minimum atomic E-state index is -0.280. The van der Waals surface area contributed by atoms with E-state index in [1.807, 2.05) is 37.3 Å². The van der Waals surface area contributed by atoms with Gasteiger partial charge >= 0.3 is 5.69 Å². The molecule has 0 unspecified atom stereocenters. The zero-order valence-electron chi connectivity index (χ0n) is 18.3. The lowest BCUT2D eigenvalue weighted by atomic mass is 9.97. The zero-order chi connectivity index (χ0) is 22.5. The summed E-state index contributed by atoms with van der Waals surface area (Å²) in [6.07, 6.45) is 7.30. The Hall–Kier alpha value is -3.13. The number of carbonyl (C=O) groups is 1. The van der Waals surface area contributed by atoms with Gasteiger partial charge < -0.3 is 10.1 Å². The van der Waals surface area contributed by atoms with E-state index in [2.05, 4.69) is 15.3 Å². The minimum Gasteiger partial charge on any atom is -0.495 e. The van der Waals surface area contributed by atoms with Gasteiger partial charge in [-0.15, -0.1) is 0 Å². The van der Waals surface area contributed by atoms with E-state index in [4.69, 9.17) is 4.74 Å². The third-order valence-corrected chi connectivity index (χ3v) is 6.50. The van der Waals surface area contributed by atoms with Crippen LogP contribution >= 0.6 is 11.8 Å². The van der Waals surface area contributed by atoms with E-state index in [0.29, 0.717) is 23.0 Å². The number of thioether (sulfide) groups is 1. The van der Waals surface area contributed by atoms with E-state index < -0.39 is 0 Å². The molecule has 0 fully saturated rings. The molecule has 3 aromatic rings. The summed E-state index contributed by atoms with van der Waals surface area (Å²) in [6, 6.07) is 9.46. The van der Waals surface area contributed by atoms with E-state index in [1.165, 1.54) is 11.8 Å². The number of hydrogen-bond donors (Lipinski definition) is 1. The number of anilines is 1. The van der Waals surface area contributed by atoms with Crippen LogP contribution in [0.2, 0.25) is 0 Å². The first-order valence-corrected chi connectivity index (χ1v) is 11.6. The molecule has 8 heteroatoms. The summed E-state index contributed by atoms with van der Waals surface area (Å²) in [5, 5.41) is 3.57. The summed E-state index contributed by atoms with van der Waals surface area (Å²) in [4.78, 5) is 34.0. The molecular weight excluding hydrogens is 424 g/mol. The Kier molecular flexibility index (Phi) is 6.90. The van der Waals surface area contributed by atoms with Gasteiger partial charge in [0, 0.05) is 23.7 Å². The second kappa shape index (κ2) is 9.99. The van der Waals surface area contributed by atoms with Crippen molar-refractivity contribution in [2.45, 2.75) is 44.2 Å². The number of aryl methyl sites for hydroxylation is 1. The number of benzene rings is 1. The van der Waals surface area contributed by atoms with Crippen molar-refractivity contribution in [3.05, 3.63) is 75.6 Å². The van der Waals surface area contributed by atoms with Crippen molar-refractivity contribution in [2.24, 2.45) is 0 Å². The Morgan fingerprint density at radius 3 is 2.88 bits per heavy atom. The first-order valence-electron chi connectivity index (χ1n) is 10.6. The van der Waals surface area contributed by atoms with Gasteiger partial charge in [0.15, 0.2) is 0 Å². The summed E-state index contributed by atoms with van der Waals surface area (Å²) < 4.78 is 7.09. The summed E-state index contributed by atoms with van der Waals surface area (Å²) in [5.41, 5.74) is 4.48. The van der Waals surface area contributed by atoms with Crippen molar-refractivity contribution < 1.29 is 9.53 Å². The molecule has 0 saturated heterocycles. The van der Waals surface area contributed by atoms with Crippen LogP contribution in [0.25, 0.3) is 0 Å². The summed E-state index contributed by atoms with van der Waals surface area (Å²) in [5.74, 6) is 0.620. The van der Waals surface area contributed by atoms with Crippen molar-refractivity contribution in [1.82, 2.24) is 14.5 Å². The number of methoxy groups -OCH3 is 1. The maximum Gasteiger partial charge on any atom is 0.349 e. The zero-order valence-corrected chi connectivity index (χ0v) is 19.1. The van der Waals surface area contributed by atoms with Gasteiger partial charge in [0.05, 0.1) is 25.1 Å². The van der Waals surface area contributed by atoms with Crippen LogP contribution < -0.4 is 15.7 Å². The normalized spacial score (nSPS) is 12.8. The molecule has 0 radical (unpaired) electrons. The second-order valence-corrected chi connectivity index (χ2v) is 8.78. The van der Waals surface area contributed by atoms with Gasteiger partial charge in [0.1, 0.15) is 10.8 Å². The molecule has 2 aromatic heterocycles. The maximum absolute atomic E-state index is 12.9. The Morgan fingerprint density at radius 1 is 1.25 bits per heavy atom. The lowest BCUT2D eigenvalue weighted by molar-refractivity contribution is -0.113. The van der Waals surface area contributed by atoms with Gasteiger partial charge in [0.25, 0.3) is 0 Å². The van der Waals surface area contributed by atoms with Crippen molar-refractivity contribution in [1.29, 1.82) is 0 Å². The number of carbonyl (C=O) groups excluding carboxylic acids is 1. The van der Waals surface area contributed by atoms with Crippen LogP contribution in [0.3, 0.4) is 0 Å². The van der Waals surface area contributed by atoms with Crippen LogP contribution in [0.5, 0.6) is 5.75 Å². The first-order chi connectivity index (χ1) is 15.5. The van der Waals surface area contributed by atoms with E-state index in [9.17, 15) is 9.59 Å². The molecule has 1 aromatic carbocycles. The van der Waals surface area contributed by atoms with Crippen LogP contribution in [0.4, 0.5) is 5.69 Å². The van der Waals surface area contributed by atoms with Crippen LogP contribution in [0, 0.1) is 6.92 Å². The van der Waals surface area contributed by atoms with E-state index in [-0.39, 0.29) is 17.3 Å². The average molecular weight is 451 g/mol. The smallest absolute Gasteiger partial charge is 0.349 e. The van der Waals surface area contributed by atoms with Gasteiger partial charge in [0.2, 0.25) is 5.91 Å². The monoisotopic (exact) mass is 450 g/mol. The van der Waals surface area contributed by atoms with Gasteiger partial charge in [-0.25, -0.2) is 4.79 Å². The first kappa shape index (κ1) is 22.1. The molecule has 166 valence electrons. The van der Waals surface area contributed by atoms with E-state index >= 15 is 0 Å². The highest BCUT2D eigenvalue weighted by molar-refractivity contribution is 8.00. The third kappa shape index (κ3) is 5.02. The fourth-order valence-corrected chi connectivity index (χ4v) is 4.82. The molecule has 0 spiro atoms. The van der Waals surface area contributed by atoms with E-state index in [1.54, 1.807) is 24.1 Å². The Balaban J connectivity index is 1.53. The SMILES string of the molecule is COc1ccc(C)cc1NC(=O)CSc1nc(=O)n(Cc2cccnc2)c2c1CCCC2. The highest BCUT2D eigenvalue weighted by Crippen LogP contribution is 2.30. The van der Waals surface area contributed by atoms with Crippen LogP contribution in [-0.4, -0.2) is 33.3 Å². The number of nitrogens with zero attached hydrogens (tertiary/aromatic N) is 3. The second-order valence-electron chi connectivity index (χ2n) is 7.82. The summed E-state index contributed by atoms with van der Waals surface area (Å²) >= 11 is 1.32. The number of ether oxygens (including phenoxy) is 1. The molecule has 0 atom stereocenters. The van der Waals surface area contributed by atoms with Crippen molar-refractivity contribution >= 4 is 23.4 Å². The van der Waals surface area contributed by atoms with Gasteiger partial charge in [-0.3, -0.25) is 14.3 Å². The lowest BCUT2D eigenvalue weighted by Gasteiger charge is -2.22. The van der Waals surface area contributed by atoms with Crippen LogP contribution in [0.1, 0.15) is 35.2 Å². The van der Waals surface area contributed by atoms with Crippen LogP contribution in [-0.2, 0) is 24.2 Å². The molecule has 0 aliphatic heterocycles. The minimum absolute atomic E-state index is 0.162. The van der Waals surface area contributed by atoms with E-state index in [0.717, 1.165) is 48.1 Å². The molecule has 32 heavy (non-hydrogen) atoms. The number of amides is 1. The highest BCUT2D eigenvalue weighted by atomic mass is 32.2. The standard InChI is InChI=1S/C24H26N4O3S/c1-16-9-10-21(31-2)19(12-16)26-22(29)15-32-23-18-7-3-4-8-20(18)28(24(30)27-23)14-17-6-5-11-25-13-17/h5-6,9-13H,3-4,7-8,14-15H2,1-2H3,(H,26,29). The topological polar surface area (TPSA) is 86.1 Å². The molecule has 1 aliphatic carbocycles. The third-order valence-electron chi connectivity index (χ3n) is 5.48. The van der Waals surface area contributed by atoms with Crippen molar-refractivity contribution in [3.8, 4) is 5.75 Å². The molecular formula is C24H26N4O3S. The number of rotatable bonds is 7. The number of aromatic nitrogens is 3. The molecule has 0 bridgehead atoms. The van der Waals surface area contributed by atoms with Gasteiger partial charge in [-0.1, -0.05) is 23.9 Å². The highest BCUT2D eigenvalue weighted by Gasteiger charge is 2.21. The van der Waals surface area contributed by atoms with Crippen molar-refractivity contribution in [3.63, 3.8) is 0 Å². The average Bonchev–Trinajstić information content (AvgIpc) is 2.80. The lowest BCUT2D eigenvalue weighted by Crippen LogP contribution is -2.30. The molecule has 1 amide bonds. The Labute approximate surface area is 191 Å². The van der Waals surface area contributed by atoms with Crippen molar-refractivity contribution in [2.75, 3.05) is 18.2 Å². The molecule has 1 aliphatic rings. The molecule has 2 heterocycles. The summed E-state index contributed by atoms with van der Waals surface area (Å²) in [6.45, 7) is 2.42. The Morgan fingerprint density at radius 2 is 2.09 bits per heavy atom. The van der Waals surface area contributed by atoms with Crippen LogP contribution in [0.15, 0.2) is 52.5 Å². The summed E-state index contributed by atoms with van der Waals surface area (Å²) in [7, 11) is 1.58. The fourth-order valence-electron chi connectivity index (χ4n) is 3.94. The van der Waals surface area contributed by atoms with Gasteiger partial charge in [-0.05, 0) is 61.9 Å². The fraction of sp³-hybridized carbons (Fsp3) is 0.333. The quantitative estimate of drug-likeness (QED) is 0.437.